The third kappa shape index (κ3) is 8.86. The second kappa shape index (κ2) is 13.2. The Balaban J connectivity index is 0.000000359. The molecule has 0 fully saturated rings. The van der Waals surface area contributed by atoms with Crippen LogP contribution >= 0.6 is 11.7 Å². The number of hydrogen-bond acceptors (Lipinski definition) is 9. The molecule has 2 atom stereocenters. The van der Waals surface area contributed by atoms with Crippen molar-refractivity contribution in [1.29, 1.82) is 0 Å². The minimum Gasteiger partial charge on any atom is -0.479 e. The molecule has 0 spiro atoms. The van der Waals surface area contributed by atoms with Crippen molar-refractivity contribution in [3.8, 4) is 5.88 Å². The number of hydrogen-bond donors (Lipinski definition) is 4. The van der Waals surface area contributed by atoms with E-state index in [1.54, 1.807) is 0 Å². The summed E-state index contributed by atoms with van der Waals surface area (Å²) in [6.45, 7) is 5.03. The van der Waals surface area contributed by atoms with Gasteiger partial charge in [0.2, 0.25) is 0 Å². The van der Waals surface area contributed by atoms with E-state index in [1.807, 2.05) is 0 Å². The Kier molecular flexibility index (Phi) is 11.4. The molecule has 0 saturated carbocycles. The summed E-state index contributed by atoms with van der Waals surface area (Å²) in [4.78, 5) is 21.8. The molecular weight excluding hydrogens is 402 g/mol. The number of aliphatic carboxylic acids is 2. The van der Waals surface area contributed by atoms with E-state index in [-0.39, 0.29) is 0 Å². The van der Waals surface area contributed by atoms with Crippen LogP contribution in [0.1, 0.15) is 44.7 Å². The number of likely N-dealkylation sites (N-methyl/N-ethyl adjacent to an activating group) is 1. The second-order valence-electron chi connectivity index (χ2n) is 6.65. The van der Waals surface area contributed by atoms with E-state index in [4.69, 9.17) is 25.2 Å². The van der Waals surface area contributed by atoms with Gasteiger partial charge in [0, 0.05) is 13.1 Å². The lowest BCUT2D eigenvalue weighted by molar-refractivity contribution is -0.165. The van der Waals surface area contributed by atoms with Gasteiger partial charge in [-0.2, -0.15) is 4.37 Å². The third-order valence-electron chi connectivity index (χ3n) is 4.15. The number of aliphatic hydroxyl groups excluding tert-OH is 2. The van der Waals surface area contributed by atoms with Gasteiger partial charge in [0.05, 0.1) is 18.3 Å². The Morgan fingerprint density at radius 3 is 2.38 bits per heavy atom. The predicted octanol–water partition coefficient (Wildman–Crippen LogP) is 1.09. The molecule has 1 aliphatic heterocycles. The molecule has 0 bridgehead atoms. The van der Waals surface area contributed by atoms with E-state index in [2.05, 4.69) is 33.7 Å². The topological polar surface area (TPSA) is 153 Å². The lowest BCUT2D eigenvalue weighted by Gasteiger charge is -2.22. The van der Waals surface area contributed by atoms with Crippen molar-refractivity contribution < 1.29 is 34.8 Å². The quantitative estimate of drug-likeness (QED) is 0.396. The zero-order chi connectivity index (χ0) is 21.8. The van der Waals surface area contributed by atoms with Crippen LogP contribution in [0.5, 0.6) is 5.88 Å². The molecule has 0 radical (unpaired) electrons. The molecule has 164 valence electrons. The van der Waals surface area contributed by atoms with E-state index in [0.29, 0.717) is 0 Å². The summed E-state index contributed by atoms with van der Waals surface area (Å²) >= 11 is 1.25. The van der Waals surface area contributed by atoms with Gasteiger partial charge in [-0.25, -0.2) is 9.59 Å². The number of rotatable bonds is 10. The lowest BCUT2D eigenvalue weighted by Crippen LogP contribution is -2.39. The normalized spacial score (nSPS) is 16.2. The summed E-state index contributed by atoms with van der Waals surface area (Å²) in [6.07, 6.45) is 3.68. The van der Waals surface area contributed by atoms with Crippen molar-refractivity contribution >= 4 is 29.2 Å². The van der Waals surface area contributed by atoms with Crippen molar-refractivity contribution in [2.45, 2.75) is 51.2 Å². The van der Waals surface area contributed by atoms with Gasteiger partial charge in [-0.3, -0.25) is 0 Å². The molecule has 29 heavy (non-hydrogen) atoms. The van der Waals surface area contributed by atoms with Crippen molar-refractivity contribution in [2.24, 2.45) is 0 Å². The lowest BCUT2D eigenvalue weighted by atomic mass is 10.1. The van der Waals surface area contributed by atoms with E-state index in [0.717, 1.165) is 44.1 Å². The molecule has 10 nitrogen and oxygen atoms in total. The number of carboxylic acids is 2. The molecule has 1 aliphatic rings. The summed E-state index contributed by atoms with van der Waals surface area (Å²) < 4.78 is 14.5. The zero-order valence-electron chi connectivity index (χ0n) is 16.7. The summed E-state index contributed by atoms with van der Waals surface area (Å²) in [7, 11) is 2.14. The van der Waals surface area contributed by atoms with Crippen LogP contribution in [0.3, 0.4) is 0 Å². The van der Waals surface area contributed by atoms with Gasteiger partial charge in [-0.15, -0.1) is 4.37 Å². The van der Waals surface area contributed by atoms with Gasteiger partial charge < -0.3 is 30.1 Å². The highest BCUT2D eigenvalue weighted by molar-refractivity contribution is 6.99. The fourth-order valence-corrected chi connectivity index (χ4v) is 3.04. The Hall–Kier alpha value is -2.08. The van der Waals surface area contributed by atoms with E-state index >= 15 is 0 Å². The van der Waals surface area contributed by atoms with Crippen LogP contribution in [0.4, 0.5) is 0 Å². The number of carboxylic acid groups (broad SMARTS) is 2. The highest BCUT2D eigenvalue weighted by Crippen LogP contribution is 2.27. The SMILES string of the molecule is CCCCCCOc1nsnc1C1=CCCN(C)C1.O=C(O)[C@@H](O)[C@H](O)C(=O)O. The minimum absolute atomic E-state index is 0.725. The van der Waals surface area contributed by atoms with Gasteiger partial charge in [0.25, 0.3) is 5.88 Å². The number of unbranched alkanes of at least 4 members (excludes halogenated alkanes) is 3. The molecule has 0 aromatic carbocycles. The Labute approximate surface area is 173 Å². The average molecular weight is 432 g/mol. The van der Waals surface area contributed by atoms with Crippen molar-refractivity contribution in [3.63, 3.8) is 0 Å². The smallest absolute Gasteiger partial charge is 0.335 e. The first-order valence-corrected chi connectivity index (χ1v) is 10.2. The maximum absolute atomic E-state index is 9.77. The Morgan fingerprint density at radius 1 is 1.17 bits per heavy atom. The maximum Gasteiger partial charge on any atom is 0.335 e. The number of carbonyl (C=O) groups is 2. The molecule has 0 amide bonds. The molecular formula is C18H29N3O7S. The Bertz CT molecular complexity index is 662. The molecule has 2 rings (SSSR count). The maximum atomic E-state index is 9.77. The molecule has 1 aromatic rings. The number of nitrogens with zero attached hydrogens (tertiary/aromatic N) is 3. The summed E-state index contributed by atoms with van der Waals surface area (Å²) in [5.74, 6) is -2.81. The van der Waals surface area contributed by atoms with Gasteiger partial charge in [-0.05, 0) is 25.5 Å². The summed E-state index contributed by atoms with van der Waals surface area (Å²) in [6, 6.07) is 0. The van der Waals surface area contributed by atoms with Crippen LogP contribution in [-0.2, 0) is 9.59 Å². The second-order valence-corrected chi connectivity index (χ2v) is 7.18. The Morgan fingerprint density at radius 2 is 1.83 bits per heavy atom. The predicted molar refractivity (Wildman–Crippen MR) is 107 cm³/mol. The van der Waals surface area contributed by atoms with Crippen LogP contribution in [0.15, 0.2) is 6.08 Å². The molecule has 11 heteroatoms. The van der Waals surface area contributed by atoms with Crippen LogP contribution in [0.2, 0.25) is 0 Å². The average Bonchev–Trinajstić information content (AvgIpc) is 3.15. The fourth-order valence-electron chi connectivity index (χ4n) is 2.50. The van der Waals surface area contributed by atoms with Crippen LogP contribution in [0, 0.1) is 0 Å². The minimum atomic E-state index is -2.27. The van der Waals surface area contributed by atoms with Crippen molar-refractivity contribution in [1.82, 2.24) is 13.6 Å². The van der Waals surface area contributed by atoms with Gasteiger partial charge in [0.15, 0.2) is 12.2 Å². The van der Waals surface area contributed by atoms with Crippen LogP contribution in [-0.4, -0.2) is 85.0 Å². The largest absolute Gasteiger partial charge is 0.479 e. The summed E-state index contributed by atoms with van der Waals surface area (Å²) in [5, 5.41) is 32.5. The number of ether oxygens (including phenoxy) is 1. The molecule has 1 aromatic heterocycles. The highest BCUT2D eigenvalue weighted by atomic mass is 32.1. The molecule has 0 unspecified atom stereocenters. The van der Waals surface area contributed by atoms with Gasteiger partial charge in [0.1, 0.15) is 5.69 Å². The van der Waals surface area contributed by atoms with Crippen molar-refractivity contribution in [3.05, 3.63) is 11.8 Å². The number of aliphatic hydroxyl groups is 2. The van der Waals surface area contributed by atoms with Gasteiger partial charge in [-0.1, -0.05) is 32.3 Å². The first-order valence-electron chi connectivity index (χ1n) is 9.42. The molecule has 2 heterocycles. The van der Waals surface area contributed by atoms with Crippen molar-refractivity contribution in [2.75, 3.05) is 26.7 Å². The molecule has 4 N–H and O–H groups in total. The third-order valence-corrected chi connectivity index (χ3v) is 4.66. The number of aromatic nitrogens is 2. The van der Waals surface area contributed by atoms with Crippen LogP contribution < -0.4 is 4.74 Å². The highest BCUT2D eigenvalue weighted by Gasteiger charge is 2.29. The van der Waals surface area contributed by atoms with E-state index in [9.17, 15) is 9.59 Å². The van der Waals surface area contributed by atoms with E-state index in [1.165, 1.54) is 36.6 Å². The van der Waals surface area contributed by atoms with E-state index < -0.39 is 24.1 Å². The molecule has 0 aliphatic carbocycles. The van der Waals surface area contributed by atoms with Crippen LogP contribution in [0.25, 0.3) is 5.57 Å². The first-order chi connectivity index (χ1) is 13.8. The summed E-state index contributed by atoms with van der Waals surface area (Å²) in [5.41, 5.74) is 2.21. The first kappa shape index (κ1) is 25.0. The monoisotopic (exact) mass is 431 g/mol. The van der Waals surface area contributed by atoms with Gasteiger partial charge >= 0.3 is 11.9 Å². The fraction of sp³-hybridized carbons (Fsp3) is 0.667. The standard InChI is InChI=1S/C14H23N3OS.C4H6O6/c1-3-4-5-6-10-18-14-13(15-19-16-14)12-8-7-9-17(2)11-12;5-1(3(7)8)2(6)4(9)10/h8H,3-7,9-11H2,1-2H3;1-2,5-6H,(H,7,8)(H,9,10)/t;1-,2-/m.0/s1. The molecule has 0 saturated heterocycles. The zero-order valence-corrected chi connectivity index (χ0v) is 17.5.